The van der Waals surface area contributed by atoms with Crippen LogP contribution in [0.5, 0.6) is 0 Å². The molecule has 28 heavy (non-hydrogen) atoms. The van der Waals surface area contributed by atoms with E-state index in [-0.39, 0.29) is 27.9 Å². The maximum absolute atomic E-state index is 12.4. The summed E-state index contributed by atoms with van der Waals surface area (Å²) in [6.07, 6.45) is 0. The molecule has 3 aromatic rings. The van der Waals surface area contributed by atoms with Crippen molar-refractivity contribution in [3.8, 4) is 11.3 Å². The summed E-state index contributed by atoms with van der Waals surface area (Å²) in [5.41, 5.74) is 1.93. The summed E-state index contributed by atoms with van der Waals surface area (Å²) in [5.74, 6) is -0.347. The molecule has 0 spiro atoms. The van der Waals surface area contributed by atoms with Gasteiger partial charge in [-0.2, -0.15) is 0 Å². The number of hydrogen-bond acceptors (Lipinski definition) is 5. The quantitative estimate of drug-likeness (QED) is 0.321. The number of thiocarbonyl (C=S) groups is 1. The van der Waals surface area contributed by atoms with Crippen molar-refractivity contribution in [3.05, 3.63) is 80.5 Å². The van der Waals surface area contributed by atoms with Crippen molar-refractivity contribution in [2.75, 3.05) is 5.32 Å². The van der Waals surface area contributed by atoms with Crippen molar-refractivity contribution in [3.63, 3.8) is 0 Å². The number of para-hydroxylation sites is 1. The van der Waals surface area contributed by atoms with Gasteiger partial charge in [0.2, 0.25) is 0 Å². The standard InChI is InChI=1S/C19H14BrN3O4S/c1-11-10-12(6-7-14(11)20)21-19(28)22-18(24)17-9-8-16(27-17)13-4-2-3-5-15(13)23(25)26/h2-10H,1H3,(H2,21,22,24,28). The van der Waals surface area contributed by atoms with Gasteiger partial charge in [-0.25, -0.2) is 0 Å². The molecule has 0 saturated heterocycles. The normalized spacial score (nSPS) is 10.4. The van der Waals surface area contributed by atoms with Crippen LogP contribution in [0.1, 0.15) is 16.1 Å². The van der Waals surface area contributed by atoms with Gasteiger partial charge in [-0.05, 0) is 61.1 Å². The van der Waals surface area contributed by atoms with Crippen molar-refractivity contribution < 1.29 is 14.1 Å². The van der Waals surface area contributed by atoms with Gasteiger partial charge in [0.15, 0.2) is 10.9 Å². The summed E-state index contributed by atoms with van der Waals surface area (Å²) < 4.78 is 6.46. The number of nitro benzene ring substituents is 1. The van der Waals surface area contributed by atoms with E-state index in [0.29, 0.717) is 0 Å². The average Bonchev–Trinajstić information content (AvgIpc) is 3.15. The van der Waals surface area contributed by atoms with E-state index in [4.69, 9.17) is 16.6 Å². The van der Waals surface area contributed by atoms with E-state index in [0.717, 1.165) is 15.7 Å². The molecule has 9 heteroatoms. The lowest BCUT2D eigenvalue weighted by Gasteiger charge is -2.09. The maximum Gasteiger partial charge on any atom is 0.293 e. The molecule has 1 heterocycles. The predicted molar refractivity (Wildman–Crippen MR) is 113 cm³/mol. The highest BCUT2D eigenvalue weighted by molar-refractivity contribution is 9.10. The van der Waals surface area contributed by atoms with Gasteiger partial charge in [-0.15, -0.1) is 0 Å². The van der Waals surface area contributed by atoms with Crippen molar-refractivity contribution in [2.45, 2.75) is 6.92 Å². The topological polar surface area (TPSA) is 97.4 Å². The molecule has 0 atom stereocenters. The van der Waals surface area contributed by atoms with Crippen LogP contribution in [0.3, 0.4) is 0 Å². The second kappa shape index (κ2) is 8.32. The zero-order valence-electron chi connectivity index (χ0n) is 14.6. The number of carbonyl (C=O) groups excluding carboxylic acids is 1. The lowest BCUT2D eigenvalue weighted by molar-refractivity contribution is -0.384. The molecule has 1 aromatic heterocycles. The van der Waals surface area contributed by atoms with E-state index in [1.54, 1.807) is 18.2 Å². The van der Waals surface area contributed by atoms with Gasteiger partial charge in [0.05, 0.1) is 10.5 Å². The molecule has 0 fully saturated rings. The van der Waals surface area contributed by atoms with Gasteiger partial charge in [0.25, 0.3) is 11.6 Å². The summed E-state index contributed by atoms with van der Waals surface area (Å²) >= 11 is 8.57. The van der Waals surface area contributed by atoms with E-state index in [2.05, 4.69) is 26.6 Å². The molecule has 0 radical (unpaired) electrons. The van der Waals surface area contributed by atoms with Crippen LogP contribution in [0, 0.1) is 17.0 Å². The molecule has 0 unspecified atom stereocenters. The minimum atomic E-state index is -0.559. The van der Waals surface area contributed by atoms with Gasteiger partial charge in [0, 0.05) is 16.2 Å². The fourth-order valence-electron chi connectivity index (χ4n) is 2.50. The fraction of sp³-hybridized carbons (Fsp3) is 0.0526. The van der Waals surface area contributed by atoms with Crippen molar-refractivity contribution in [1.82, 2.24) is 5.32 Å². The highest BCUT2D eigenvalue weighted by atomic mass is 79.9. The number of rotatable bonds is 4. The largest absolute Gasteiger partial charge is 0.451 e. The zero-order valence-corrected chi connectivity index (χ0v) is 17.0. The number of furan rings is 1. The minimum absolute atomic E-state index is 0.00992. The van der Waals surface area contributed by atoms with Crippen LogP contribution in [0.4, 0.5) is 11.4 Å². The Balaban J connectivity index is 1.71. The molecule has 0 bridgehead atoms. The molecule has 0 saturated carbocycles. The third kappa shape index (κ3) is 4.44. The fourth-order valence-corrected chi connectivity index (χ4v) is 2.95. The maximum atomic E-state index is 12.4. The Morgan fingerprint density at radius 3 is 2.64 bits per heavy atom. The Kier molecular flexibility index (Phi) is 5.86. The average molecular weight is 460 g/mol. The van der Waals surface area contributed by atoms with Gasteiger partial charge < -0.3 is 9.73 Å². The van der Waals surface area contributed by atoms with Crippen LogP contribution in [0.15, 0.2) is 63.5 Å². The van der Waals surface area contributed by atoms with Crippen LogP contribution in [-0.2, 0) is 0 Å². The summed E-state index contributed by atoms with van der Waals surface area (Å²) in [4.78, 5) is 23.0. The monoisotopic (exact) mass is 459 g/mol. The number of nitrogens with one attached hydrogen (secondary N) is 2. The Morgan fingerprint density at radius 2 is 1.93 bits per heavy atom. The second-order valence-electron chi connectivity index (χ2n) is 5.81. The molecule has 2 N–H and O–H groups in total. The lowest BCUT2D eigenvalue weighted by Crippen LogP contribution is -2.33. The Morgan fingerprint density at radius 1 is 1.18 bits per heavy atom. The summed E-state index contributed by atoms with van der Waals surface area (Å²) in [7, 11) is 0. The van der Waals surface area contributed by atoms with E-state index < -0.39 is 10.8 Å². The van der Waals surface area contributed by atoms with Gasteiger partial charge in [0.1, 0.15) is 5.76 Å². The number of hydrogen-bond donors (Lipinski definition) is 2. The van der Waals surface area contributed by atoms with Crippen LogP contribution in [0.2, 0.25) is 0 Å². The zero-order chi connectivity index (χ0) is 20.3. The first-order valence-electron chi connectivity index (χ1n) is 8.07. The number of nitro groups is 1. The Hall–Kier alpha value is -3.04. The molecule has 7 nitrogen and oxygen atoms in total. The van der Waals surface area contributed by atoms with Crippen molar-refractivity contribution in [2.24, 2.45) is 0 Å². The first-order chi connectivity index (χ1) is 13.3. The third-order valence-electron chi connectivity index (χ3n) is 3.84. The van der Waals surface area contributed by atoms with E-state index >= 15 is 0 Å². The Labute approximate surface area is 174 Å². The van der Waals surface area contributed by atoms with E-state index in [1.165, 1.54) is 18.2 Å². The number of halogens is 1. The lowest BCUT2D eigenvalue weighted by atomic mass is 10.1. The smallest absolute Gasteiger partial charge is 0.293 e. The summed E-state index contributed by atoms with van der Waals surface area (Å²) in [5, 5.41) is 16.7. The number of nitrogens with zero attached hydrogens (tertiary/aromatic N) is 1. The second-order valence-corrected chi connectivity index (χ2v) is 7.07. The number of aryl methyl sites for hydroxylation is 1. The summed E-state index contributed by atoms with van der Waals surface area (Å²) in [6, 6.07) is 14.7. The third-order valence-corrected chi connectivity index (χ3v) is 4.93. The number of carbonyl (C=O) groups is 1. The number of amides is 1. The van der Waals surface area contributed by atoms with Crippen LogP contribution >= 0.6 is 28.1 Å². The van der Waals surface area contributed by atoms with E-state index in [9.17, 15) is 14.9 Å². The molecule has 142 valence electrons. The van der Waals surface area contributed by atoms with Gasteiger partial charge in [-0.3, -0.25) is 20.2 Å². The first-order valence-corrected chi connectivity index (χ1v) is 9.27. The number of benzene rings is 2. The number of anilines is 1. The molecular formula is C19H14BrN3O4S. The minimum Gasteiger partial charge on any atom is -0.451 e. The molecule has 0 aliphatic heterocycles. The molecule has 0 aliphatic carbocycles. The van der Waals surface area contributed by atoms with Crippen LogP contribution in [-0.4, -0.2) is 15.9 Å². The van der Waals surface area contributed by atoms with Crippen LogP contribution in [0.25, 0.3) is 11.3 Å². The SMILES string of the molecule is Cc1cc(NC(=S)NC(=O)c2ccc(-c3ccccc3[N+](=O)[O-])o2)ccc1Br. The van der Waals surface area contributed by atoms with Gasteiger partial charge in [-0.1, -0.05) is 28.1 Å². The molecular weight excluding hydrogens is 446 g/mol. The Bertz CT molecular complexity index is 1080. The van der Waals surface area contributed by atoms with Crippen LogP contribution < -0.4 is 10.6 Å². The molecule has 0 aliphatic rings. The first kappa shape index (κ1) is 19.7. The predicted octanol–water partition coefficient (Wildman–Crippen LogP) is 5.05. The highest BCUT2D eigenvalue weighted by Crippen LogP contribution is 2.30. The van der Waals surface area contributed by atoms with Gasteiger partial charge >= 0.3 is 0 Å². The molecule has 3 rings (SSSR count). The van der Waals surface area contributed by atoms with Crippen molar-refractivity contribution in [1.29, 1.82) is 0 Å². The highest BCUT2D eigenvalue weighted by Gasteiger charge is 2.19. The molecule has 1 amide bonds. The molecule has 2 aromatic carbocycles. The summed E-state index contributed by atoms with van der Waals surface area (Å²) in [6.45, 7) is 1.93. The van der Waals surface area contributed by atoms with Crippen molar-refractivity contribution >= 4 is 50.5 Å². The van der Waals surface area contributed by atoms with E-state index in [1.807, 2.05) is 25.1 Å².